The van der Waals surface area contributed by atoms with Gasteiger partial charge in [-0.15, -0.1) is 0 Å². The number of rotatable bonds is 4. The predicted octanol–water partition coefficient (Wildman–Crippen LogP) is 5.69. The summed E-state index contributed by atoms with van der Waals surface area (Å²) in [6.07, 6.45) is 1.55. The van der Waals surface area contributed by atoms with Gasteiger partial charge in [0.25, 0.3) is 11.8 Å². The molecule has 1 aliphatic heterocycles. The number of imide groups is 2. The van der Waals surface area contributed by atoms with Crippen molar-refractivity contribution < 1.29 is 19.5 Å². The van der Waals surface area contributed by atoms with Crippen LogP contribution in [0.1, 0.15) is 22.5 Å². The third-order valence-electron chi connectivity index (χ3n) is 6.43. The van der Waals surface area contributed by atoms with Crippen molar-refractivity contribution in [3.05, 3.63) is 113 Å². The van der Waals surface area contributed by atoms with Gasteiger partial charge in [-0.25, -0.2) is 14.6 Å². The Balaban J connectivity index is 1.65. The zero-order valence-corrected chi connectivity index (χ0v) is 20.7. The number of urea groups is 1. The van der Waals surface area contributed by atoms with Crippen molar-refractivity contribution in [2.75, 3.05) is 9.80 Å². The van der Waals surface area contributed by atoms with Gasteiger partial charge in [-0.05, 0) is 87.0 Å². The lowest BCUT2D eigenvalue weighted by molar-refractivity contribution is -0.121. The smallest absolute Gasteiger partial charge is 0.343 e. The highest BCUT2D eigenvalue weighted by atomic mass is 16.3. The van der Waals surface area contributed by atoms with Crippen LogP contribution in [-0.2, 0) is 9.59 Å². The number of phenolic OH excluding ortho intramolecular Hbond substituents is 1. The van der Waals surface area contributed by atoms with Gasteiger partial charge in [0.2, 0.25) is 0 Å². The van der Waals surface area contributed by atoms with E-state index in [0.717, 1.165) is 32.4 Å². The lowest BCUT2D eigenvalue weighted by Gasteiger charge is -2.34. The van der Waals surface area contributed by atoms with Crippen molar-refractivity contribution in [2.45, 2.75) is 20.8 Å². The molecule has 0 unspecified atom stereocenters. The Labute approximate surface area is 214 Å². The molecule has 3 aromatic carbocycles. The topological polar surface area (TPSA) is 82.8 Å². The molecular formula is C30H25N3O4. The van der Waals surface area contributed by atoms with E-state index in [9.17, 15) is 19.5 Å². The molecule has 0 aliphatic carbocycles. The summed E-state index contributed by atoms with van der Waals surface area (Å²) in [5.41, 5.74) is 4.83. The van der Waals surface area contributed by atoms with Crippen molar-refractivity contribution in [1.29, 1.82) is 0 Å². The van der Waals surface area contributed by atoms with Crippen LogP contribution in [0.2, 0.25) is 0 Å². The Bertz CT molecular complexity index is 1550. The number of carbonyl (C=O) groups is 3. The van der Waals surface area contributed by atoms with E-state index in [0.29, 0.717) is 16.9 Å². The van der Waals surface area contributed by atoms with Crippen molar-refractivity contribution in [3.8, 4) is 11.4 Å². The lowest BCUT2D eigenvalue weighted by Crippen LogP contribution is -2.57. The van der Waals surface area contributed by atoms with E-state index in [1.807, 2.05) is 43.5 Å². The van der Waals surface area contributed by atoms with Crippen LogP contribution in [0.4, 0.5) is 16.2 Å². The van der Waals surface area contributed by atoms with Gasteiger partial charge in [0.15, 0.2) is 0 Å². The van der Waals surface area contributed by atoms with Crippen LogP contribution in [0.15, 0.2) is 90.5 Å². The summed E-state index contributed by atoms with van der Waals surface area (Å²) < 4.78 is 1.97. The van der Waals surface area contributed by atoms with Gasteiger partial charge in [-0.1, -0.05) is 35.9 Å². The molecule has 0 bridgehead atoms. The maximum Gasteiger partial charge on any atom is 0.343 e. The number of para-hydroxylation sites is 1. The summed E-state index contributed by atoms with van der Waals surface area (Å²) in [6, 6.07) is 23.5. The van der Waals surface area contributed by atoms with E-state index in [-0.39, 0.29) is 11.3 Å². The molecule has 1 aromatic heterocycles. The van der Waals surface area contributed by atoms with Crippen LogP contribution in [-0.4, -0.2) is 27.5 Å². The first-order valence-corrected chi connectivity index (χ1v) is 11.8. The highest BCUT2D eigenvalue weighted by molar-refractivity contribution is 6.46. The van der Waals surface area contributed by atoms with Gasteiger partial charge in [0.1, 0.15) is 11.3 Å². The molecule has 4 amide bonds. The number of anilines is 2. The second-order valence-corrected chi connectivity index (χ2v) is 8.97. The summed E-state index contributed by atoms with van der Waals surface area (Å²) >= 11 is 0. The van der Waals surface area contributed by atoms with Crippen molar-refractivity contribution in [3.63, 3.8) is 0 Å². The third-order valence-corrected chi connectivity index (χ3v) is 6.43. The molecule has 4 aromatic rings. The Hall–Kier alpha value is -4.91. The molecule has 0 radical (unpaired) electrons. The maximum atomic E-state index is 13.7. The molecule has 1 fully saturated rings. The minimum atomic E-state index is -0.725. The average Bonchev–Trinajstić information content (AvgIpc) is 3.16. The molecule has 0 saturated carbocycles. The highest BCUT2D eigenvalue weighted by Crippen LogP contribution is 2.31. The number of benzene rings is 3. The van der Waals surface area contributed by atoms with E-state index in [2.05, 4.69) is 0 Å². The first kappa shape index (κ1) is 23.8. The SMILES string of the molecule is Cc1ccc(N2C(=O)/C(=C/c3cc(C)n(-c4ccc(O)cc4)c3C)C(=O)N(c3ccccc3)C2=O)cc1. The molecule has 37 heavy (non-hydrogen) atoms. The molecule has 1 N–H and O–H groups in total. The summed E-state index contributed by atoms with van der Waals surface area (Å²) in [6.45, 7) is 5.73. The fraction of sp³-hybridized carbons (Fsp3) is 0.100. The number of hydrogen-bond acceptors (Lipinski definition) is 4. The third kappa shape index (κ3) is 4.21. The van der Waals surface area contributed by atoms with Crippen LogP contribution in [0.5, 0.6) is 5.75 Å². The van der Waals surface area contributed by atoms with Crippen LogP contribution >= 0.6 is 0 Å². The number of aromatic hydroxyl groups is 1. The number of amides is 4. The minimum Gasteiger partial charge on any atom is -0.508 e. The lowest BCUT2D eigenvalue weighted by atomic mass is 10.0. The Morgan fingerprint density at radius 1 is 0.676 bits per heavy atom. The van der Waals surface area contributed by atoms with Gasteiger partial charge in [0.05, 0.1) is 11.4 Å². The first-order valence-electron chi connectivity index (χ1n) is 11.8. The molecule has 0 spiro atoms. The fourth-order valence-corrected chi connectivity index (χ4v) is 4.54. The maximum absolute atomic E-state index is 13.7. The standard InChI is InChI=1S/C30H25N3O4/c1-19-9-11-25(12-10-19)33-29(36)27(28(35)32(30(33)37)23-7-5-4-6-8-23)18-22-17-20(2)31(21(22)3)24-13-15-26(34)16-14-24/h4-18,34H,1-3H3/b27-18+. The zero-order valence-electron chi connectivity index (χ0n) is 20.7. The largest absolute Gasteiger partial charge is 0.508 e. The molecule has 0 atom stereocenters. The summed E-state index contributed by atoms with van der Waals surface area (Å²) in [4.78, 5) is 42.9. The number of phenols is 1. The molecular weight excluding hydrogens is 466 g/mol. The van der Waals surface area contributed by atoms with E-state index < -0.39 is 17.8 Å². The number of hydrogen-bond donors (Lipinski definition) is 1. The van der Waals surface area contributed by atoms with Gasteiger partial charge in [-0.2, -0.15) is 0 Å². The number of nitrogens with zero attached hydrogens (tertiary/aromatic N) is 3. The van der Waals surface area contributed by atoms with Gasteiger partial charge in [-0.3, -0.25) is 9.59 Å². The van der Waals surface area contributed by atoms with Crippen molar-refractivity contribution in [1.82, 2.24) is 4.57 Å². The van der Waals surface area contributed by atoms with Gasteiger partial charge >= 0.3 is 6.03 Å². The van der Waals surface area contributed by atoms with E-state index in [4.69, 9.17) is 0 Å². The van der Waals surface area contributed by atoms with E-state index in [1.165, 1.54) is 0 Å². The molecule has 5 rings (SSSR count). The summed E-state index contributed by atoms with van der Waals surface area (Å²) in [5.74, 6) is -1.20. The second-order valence-electron chi connectivity index (χ2n) is 8.97. The molecule has 184 valence electrons. The molecule has 7 heteroatoms. The highest BCUT2D eigenvalue weighted by Gasteiger charge is 2.43. The average molecular weight is 492 g/mol. The molecule has 1 saturated heterocycles. The summed E-state index contributed by atoms with van der Waals surface area (Å²) in [7, 11) is 0. The zero-order chi connectivity index (χ0) is 26.3. The number of carbonyl (C=O) groups excluding carboxylic acids is 3. The Morgan fingerprint density at radius 2 is 1.22 bits per heavy atom. The van der Waals surface area contributed by atoms with Crippen LogP contribution in [0, 0.1) is 20.8 Å². The predicted molar refractivity (Wildman–Crippen MR) is 143 cm³/mol. The van der Waals surface area contributed by atoms with Gasteiger partial charge in [0, 0.05) is 17.1 Å². The Morgan fingerprint density at radius 3 is 1.81 bits per heavy atom. The molecule has 2 heterocycles. The monoisotopic (exact) mass is 491 g/mol. The van der Waals surface area contributed by atoms with Crippen molar-refractivity contribution in [2.24, 2.45) is 0 Å². The quantitative estimate of drug-likeness (QED) is 0.294. The van der Waals surface area contributed by atoms with Gasteiger partial charge < -0.3 is 9.67 Å². The first-order chi connectivity index (χ1) is 17.8. The molecule has 1 aliphatic rings. The van der Waals surface area contributed by atoms with Crippen LogP contribution in [0.25, 0.3) is 11.8 Å². The summed E-state index contributed by atoms with van der Waals surface area (Å²) in [5, 5.41) is 9.67. The Kier molecular flexibility index (Phi) is 5.97. The van der Waals surface area contributed by atoms with E-state index in [1.54, 1.807) is 72.8 Å². The van der Waals surface area contributed by atoms with Crippen LogP contribution < -0.4 is 9.80 Å². The second kappa shape index (κ2) is 9.28. The minimum absolute atomic E-state index is 0.116. The fourth-order valence-electron chi connectivity index (χ4n) is 4.54. The van der Waals surface area contributed by atoms with Crippen LogP contribution in [0.3, 0.4) is 0 Å². The molecule has 7 nitrogen and oxygen atoms in total. The van der Waals surface area contributed by atoms with Crippen molar-refractivity contribution >= 4 is 35.3 Å². The van der Waals surface area contributed by atoms with E-state index >= 15 is 0 Å². The number of barbiturate groups is 1. The number of aryl methyl sites for hydroxylation is 2. The normalized spacial score (nSPS) is 15.1. The number of aromatic nitrogens is 1.